The summed E-state index contributed by atoms with van der Waals surface area (Å²) in [5, 5.41) is 0. The summed E-state index contributed by atoms with van der Waals surface area (Å²) in [6.45, 7) is 1.84. The lowest BCUT2D eigenvalue weighted by Gasteiger charge is -2.08. The lowest BCUT2D eigenvalue weighted by Crippen LogP contribution is -2.17. The summed E-state index contributed by atoms with van der Waals surface area (Å²) in [6, 6.07) is 7.72. The Morgan fingerprint density at radius 1 is 1.00 bits per heavy atom. The van der Waals surface area contributed by atoms with Crippen LogP contribution in [0.5, 0.6) is 0 Å². The Hall–Kier alpha value is -1.46. The normalized spacial score (nSPS) is 12.4. The Labute approximate surface area is 120 Å². The summed E-state index contributed by atoms with van der Waals surface area (Å²) < 4.78 is 40.5. The van der Waals surface area contributed by atoms with Crippen LogP contribution in [-0.4, -0.2) is 6.04 Å². The van der Waals surface area contributed by atoms with Gasteiger partial charge < -0.3 is 5.73 Å². The smallest absolute Gasteiger partial charge is 0.137 e. The second-order valence-electron chi connectivity index (χ2n) is 4.62. The quantitative estimate of drug-likeness (QED) is 0.917. The van der Waals surface area contributed by atoms with E-state index < -0.39 is 17.5 Å². The van der Waals surface area contributed by atoms with Gasteiger partial charge in [0.2, 0.25) is 0 Å². The molecule has 2 N–H and O–H groups in total. The lowest BCUT2D eigenvalue weighted by molar-refractivity contribution is 0.575. The van der Waals surface area contributed by atoms with Crippen LogP contribution >= 0.6 is 11.8 Å². The van der Waals surface area contributed by atoms with E-state index in [4.69, 9.17) is 5.73 Å². The maximum atomic E-state index is 13.9. The van der Waals surface area contributed by atoms with Crippen LogP contribution in [0.25, 0.3) is 0 Å². The van der Waals surface area contributed by atoms with E-state index in [0.29, 0.717) is 6.42 Å². The minimum absolute atomic E-state index is 0.0591. The molecule has 1 nitrogen and oxygen atoms in total. The number of rotatable bonds is 4. The summed E-state index contributed by atoms with van der Waals surface area (Å²) in [5.74, 6) is -1.59. The van der Waals surface area contributed by atoms with Gasteiger partial charge in [-0.2, -0.15) is 0 Å². The predicted octanol–water partition coefficient (Wildman–Crippen LogP) is 4.14. The molecule has 0 aromatic heterocycles. The Bertz CT molecular complexity index is 614. The molecular formula is C15H14F3NS. The topological polar surface area (TPSA) is 26.0 Å². The first-order chi connectivity index (χ1) is 9.45. The Kier molecular flexibility index (Phi) is 4.73. The number of halogens is 3. The van der Waals surface area contributed by atoms with Crippen LogP contribution in [0.2, 0.25) is 0 Å². The van der Waals surface area contributed by atoms with Gasteiger partial charge in [0.15, 0.2) is 0 Å². The van der Waals surface area contributed by atoms with Gasteiger partial charge in [-0.25, -0.2) is 13.2 Å². The fraction of sp³-hybridized carbons (Fsp3) is 0.200. The van der Waals surface area contributed by atoms with E-state index >= 15 is 0 Å². The Morgan fingerprint density at radius 2 is 1.75 bits per heavy atom. The van der Waals surface area contributed by atoms with Crippen molar-refractivity contribution in [2.45, 2.75) is 29.2 Å². The first-order valence-electron chi connectivity index (χ1n) is 6.12. The molecule has 1 atom stereocenters. The zero-order valence-corrected chi connectivity index (χ0v) is 11.7. The zero-order valence-electron chi connectivity index (χ0n) is 10.9. The highest BCUT2D eigenvalue weighted by molar-refractivity contribution is 7.99. The van der Waals surface area contributed by atoms with Crippen molar-refractivity contribution in [3.63, 3.8) is 0 Å². The monoisotopic (exact) mass is 297 g/mol. The molecule has 106 valence electrons. The van der Waals surface area contributed by atoms with Gasteiger partial charge in [0.25, 0.3) is 0 Å². The highest BCUT2D eigenvalue weighted by Crippen LogP contribution is 2.32. The predicted molar refractivity (Wildman–Crippen MR) is 74.2 cm³/mol. The van der Waals surface area contributed by atoms with E-state index in [-0.39, 0.29) is 15.8 Å². The molecule has 0 radical (unpaired) electrons. The third kappa shape index (κ3) is 3.77. The molecule has 0 spiro atoms. The second kappa shape index (κ2) is 6.33. The van der Waals surface area contributed by atoms with Gasteiger partial charge in [0, 0.05) is 10.9 Å². The SMILES string of the molecule is CC(N)Cc1ccc(Sc2cc(F)ccc2F)c(F)c1. The highest BCUT2D eigenvalue weighted by Gasteiger charge is 2.10. The molecule has 0 saturated carbocycles. The molecule has 2 rings (SSSR count). The van der Waals surface area contributed by atoms with Crippen LogP contribution < -0.4 is 5.73 Å². The van der Waals surface area contributed by atoms with Crippen LogP contribution in [0.1, 0.15) is 12.5 Å². The number of hydrogen-bond acceptors (Lipinski definition) is 2. The van der Waals surface area contributed by atoms with Gasteiger partial charge in [0.1, 0.15) is 17.5 Å². The maximum absolute atomic E-state index is 13.9. The Morgan fingerprint density at radius 3 is 2.40 bits per heavy atom. The molecule has 0 saturated heterocycles. The molecule has 0 amide bonds. The molecule has 2 aromatic carbocycles. The molecule has 0 aliphatic heterocycles. The minimum Gasteiger partial charge on any atom is -0.328 e. The summed E-state index contributed by atoms with van der Waals surface area (Å²) in [6.07, 6.45) is 0.566. The van der Waals surface area contributed by atoms with Gasteiger partial charge in [-0.3, -0.25) is 0 Å². The third-order valence-electron chi connectivity index (χ3n) is 2.67. The molecule has 0 heterocycles. The van der Waals surface area contributed by atoms with E-state index in [9.17, 15) is 13.2 Å². The van der Waals surface area contributed by atoms with E-state index in [2.05, 4.69) is 0 Å². The van der Waals surface area contributed by atoms with Crippen molar-refractivity contribution in [1.82, 2.24) is 0 Å². The van der Waals surface area contributed by atoms with E-state index in [0.717, 1.165) is 35.5 Å². The molecule has 5 heteroatoms. The van der Waals surface area contributed by atoms with Crippen molar-refractivity contribution in [3.8, 4) is 0 Å². The van der Waals surface area contributed by atoms with Crippen LogP contribution in [0.4, 0.5) is 13.2 Å². The number of hydrogen-bond donors (Lipinski definition) is 1. The number of benzene rings is 2. The fourth-order valence-corrected chi connectivity index (χ4v) is 2.67. The summed E-state index contributed by atoms with van der Waals surface area (Å²) in [5.41, 5.74) is 6.43. The summed E-state index contributed by atoms with van der Waals surface area (Å²) >= 11 is 0.861. The van der Waals surface area contributed by atoms with Crippen LogP contribution in [0, 0.1) is 17.5 Å². The van der Waals surface area contributed by atoms with E-state index in [1.165, 1.54) is 6.07 Å². The lowest BCUT2D eigenvalue weighted by atomic mass is 10.1. The summed E-state index contributed by atoms with van der Waals surface area (Å²) in [4.78, 5) is 0.312. The van der Waals surface area contributed by atoms with Crippen LogP contribution in [0.3, 0.4) is 0 Å². The summed E-state index contributed by atoms with van der Waals surface area (Å²) in [7, 11) is 0. The first kappa shape index (κ1) is 14.9. The van der Waals surface area contributed by atoms with Crippen LogP contribution in [0.15, 0.2) is 46.2 Å². The average Bonchev–Trinajstić information content (AvgIpc) is 2.36. The van der Waals surface area contributed by atoms with Crippen molar-refractivity contribution < 1.29 is 13.2 Å². The molecule has 20 heavy (non-hydrogen) atoms. The van der Waals surface area contributed by atoms with Gasteiger partial charge >= 0.3 is 0 Å². The zero-order chi connectivity index (χ0) is 14.7. The van der Waals surface area contributed by atoms with Crippen molar-refractivity contribution in [2.24, 2.45) is 5.73 Å². The third-order valence-corrected chi connectivity index (χ3v) is 3.75. The number of nitrogens with two attached hydrogens (primary N) is 1. The minimum atomic E-state index is -0.574. The standard InChI is InChI=1S/C15H14F3NS/c1-9(19)6-10-2-5-14(13(18)7-10)20-15-8-11(16)3-4-12(15)17/h2-5,7-9H,6,19H2,1H3. The van der Waals surface area contributed by atoms with Crippen molar-refractivity contribution >= 4 is 11.8 Å². The molecular weight excluding hydrogens is 283 g/mol. The van der Waals surface area contributed by atoms with Crippen LogP contribution in [-0.2, 0) is 6.42 Å². The fourth-order valence-electron chi connectivity index (χ4n) is 1.80. The van der Waals surface area contributed by atoms with Crippen molar-refractivity contribution in [2.75, 3.05) is 0 Å². The molecule has 2 aromatic rings. The molecule has 0 fully saturated rings. The van der Waals surface area contributed by atoms with Gasteiger partial charge in [-0.15, -0.1) is 0 Å². The second-order valence-corrected chi connectivity index (χ2v) is 5.71. The molecule has 1 unspecified atom stereocenters. The van der Waals surface area contributed by atoms with Gasteiger partial charge in [-0.05, 0) is 49.2 Å². The highest BCUT2D eigenvalue weighted by atomic mass is 32.2. The molecule has 0 aliphatic carbocycles. The average molecular weight is 297 g/mol. The van der Waals surface area contributed by atoms with E-state index in [1.54, 1.807) is 12.1 Å². The van der Waals surface area contributed by atoms with E-state index in [1.807, 2.05) is 6.92 Å². The Balaban J connectivity index is 2.23. The van der Waals surface area contributed by atoms with Gasteiger partial charge in [-0.1, -0.05) is 17.8 Å². The molecule has 0 bridgehead atoms. The van der Waals surface area contributed by atoms with Crippen molar-refractivity contribution in [3.05, 3.63) is 59.4 Å². The maximum Gasteiger partial charge on any atom is 0.137 e. The molecule has 0 aliphatic rings. The first-order valence-corrected chi connectivity index (χ1v) is 6.94. The largest absolute Gasteiger partial charge is 0.328 e. The van der Waals surface area contributed by atoms with Crippen molar-refractivity contribution in [1.29, 1.82) is 0 Å². The van der Waals surface area contributed by atoms with Gasteiger partial charge in [0.05, 0.1) is 4.90 Å².